The van der Waals surface area contributed by atoms with Gasteiger partial charge in [0.2, 0.25) is 5.89 Å². The van der Waals surface area contributed by atoms with Crippen LogP contribution in [0, 0.1) is 5.82 Å². The maximum absolute atomic E-state index is 13.1. The van der Waals surface area contributed by atoms with E-state index in [-0.39, 0.29) is 5.82 Å². The average molecular weight is 254 g/mol. The number of aromatic nitrogens is 1. The van der Waals surface area contributed by atoms with Crippen molar-refractivity contribution in [1.82, 2.24) is 10.3 Å². The van der Waals surface area contributed by atoms with Crippen LogP contribution in [0.2, 0.25) is 0 Å². The molecule has 0 radical (unpaired) electrons. The van der Waals surface area contributed by atoms with E-state index in [0.717, 1.165) is 18.7 Å². The summed E-state index contributed by atoms with van der Waals surface area (Å²) in [6.07, 6.45) is 0. The lowest BCUT2D eigenvalue weighted by Gasteiger charge is -1.99. The normalized spacial score (nSPS) is 13.9. The van der Waals surface area contributed by atoms with E-state index in [0.29, 0.717) is 17.0 Å². The standard InChI is InChI=1S/C15H11FN2O/c16-12-3-4-13-14(6-12)19-15(18-13)9-1-2-10-7-17-8-11(10)5-9/h1-6,17H,7-8H2. The number of oxazole rings is 1. The van der Waals surface area contributed by atoms with Crippen molar-refractivity contribution >= 4 is 11.1 Å². The number of hydrogen-bond acceptors (Lipinski definition) is 3. The van der Waals surface area contributed by atoms with Crippen molar-refractivity contribution in [3.63, 3.8) is 0 Å². The first-order valence-electron chi connectivity index (χ1n) is 6.18. The molecule has 0 fully saturated rings. The van der Waals surface area contributed by atoms with E-state index in [9.17, 15) is 4.39 Å². The van der Waals surface area contributed by atoms with Gasteiger partial charge in [-0.25, -0.2) is 9.37 Å². The third-order valence-corrected chi connectivity index (χ3v) is 3.43. The third-order valence-electron chi connectivity index (χ3n) is 3.43. The second-order valence-electron chi connectivity index (χ2n) is 4.72. The summed E-state index contributed by atoms with van der Waals surface area (Å²) in [6, 6.07) is 10.5. The van der Waals surface area contributed by atoms with Crippen molar-refractivity contribution in [3.05, 3.63) is 53.3 Å². The fraction of sp³-hybridized carbons (Fsp3) is 0.133. The van der Waals surface area contributed by atoms with Crippen LogP contribution in [0.15, 0.2) is 40.8 Å². The van der Waals surface area contributed by atoms with Crippen LogP contribution in [0.5, 0.6) is 0 Å². The smallest absolute Gasteiger partial charge is 0.227 e. The van der Waals surface area contributed by atoms with Crippen molar-refractivity contribution in [3.8, 4) is 11.5 Å². The molecule has 1 aromatic heterocycles. The summed E-state index contributed by atoms with van der Waals surface area (Å²) in [5.74, 6) is 0.226. The molecule has 0 spiro atoms. The minimum Gasteiger partial charge on any atom is -0.436 e. The molecule has 94 valence electrons. The Kier molecular flexibility index (Phi) is 2.19. The molecule has 2 aromatic carbocycles. The first kappa shape index (κ1) is 10.7. The molecule has 4 heteroatoms. The van der Waals surface area contributed by atoms with Crippen molar-refractivity contribution in [2.24, 2.45) is 0 Å². The summed E-state index contributed by atoms with van der Waals surface area (Å²) in [6.45, 7) is 1.78. The van der Waals surface area contributed by atoms with E-state index in [1.165, 1.54) is 23.3 Å². The van der Waals surface area contributed by atoms with Gasteiger partial charge in [-0.05, 0) is 35.4 Å². The van der Waals surface area contributed by atoms with Crippen LogP contribution in [0.3, 0.4) is 0 Å². The zero-order chi connectivity index (χ0) is 12.8. The van der Waals surface area contributed by atoms with Crippen LogP contribution in [0.4, 0.5) is 4.39 Å². The van der Waals surface area contributed by atoms with E-state index in [2.05, 4.69) is 22.4 Å². The summed E-state index contributed by atoms with van der Waals surface area (Å²) in [7, 11) is 0. The Bertz CT molecular complexity index is 779. The Hall–Kier alpha value is -2.20. The highest BCUT2D eigenvalue weighted by atomic mass is 19.1. The predicted molar refractivity (Wildman–Crippen MR) is 69.9 cm³/mol. The Morgan fingerprint density at radius 2 is 1.95 bits per heavy atom. The Morgan fingerprint density at radius 3 is 2.89 bits per heavy atom. The number of nitrogens with zero attached hydrogens (tertiary/aromatic N) is 1. The number of fused-ring (bicyclic) bond motifs is 2. The van der Waals surface area contributed by atoms with Crippen molar-refractivity contribution in [2.45, 2.75) is 13.1 Å². The van der Waals surface area contributed by atoms with Crippen molar-refractivity contribution in [1.29, 1.82) is 0 Å². The van der Waals surface area contributed by atoms with Gasteiger partial charge in [0.1, 0.15) is 11.3 Å². The van der Waals surface area contributed by atoms with Crippen LogP contribution >= 0.6 is 0 Å². The van der Waals surface area contributed by atoms with Gasteiger partial charge in [0.05, 0.1) is 0 Å². The monoisotopic (exact) mass is 254 g/mol. The van der Waals surface area contributed by atoms with Gasteiger partial charge in [0.15, 0.2) is 5.58 Å². The van der Waals surface area contributed by atoms with Gasteiger partial charge in [-0.1, -0.05) is 6.07 Å². The first-order valence-corrected chi connectivity index (χ1v) is 6.18. The molecular weight excluding hydrogens is 243 g/mol. The minimum absolute atomic E-state index is 0.312. The molecule has 1 N–H and O–H groups in total. The van der Waals surface area contributed by atoms with Gasteiger partial charge in [-0.2, -0.15) is 0 Å². The average Bonchev–Trinajstić information content (AvgIpc) is 3.02. The molecule has 3 nitrogen and oxygen atoms in total. The van der Waals surface area contributed by atoms with Gasteiger partial charge >= 0.3 is 0 Å². The van der Waals surface area contributed by atoms with Gasteiger partial charge in [-0.15, -0.1) is 0 Å². The Morgan fingerprint density at radius 1 is 1.05 bits per heavy atom. The Labute approximate surface area is 109 Å². The molecule has 0 atom stereocenters. The molecule has 1 aliphatic rings. The first-order chi connectivity index (χ1) is 9.29. The van der Waals surface area contributed by atoms with Gasteiger partial charge in [-0.3, -0.25) is 0 Å². The molecular formula is C15H11FN2O. The number of halogens is 1. The molecule has 0 bridgehead atoms. The number of nitrogens with one attached hydrogen (secondary N) is 1. The summed E-state index contributed by atoms with van der Waals surface area (Å²) in [5, 5.41) is 3.30. The predicted octanol–water partition coefficient (Wildman–Crippen LogP) is 3.24. The molecule has 1 aliphatic heterocycles. The maximum atomic E-state index is 13.1. The molecule has 3 aromatic rings. The summed E-state index contributed by atoms with van der Waals surface area (Å²) < 4.78 is 18.8. The lowest BCUT2D eigenvalue weighted by Crippen LogP contribution is -1.99. The fourth-order valence-corrected chi connectivity index (χ4v) is 2.45. The minimum atomic E-state index is -0.312. The van der Waals surface area contributed by atoms with Crippen LogP contribution in [0.25, 0.3) is 22.6 Å². The summed E-state index contributed by atoms with van der Waals surface area (Å²) in [5.41, 5.74) is 4.67. The Balaban J connectivity index is 1.85. The van der Waals surface area contributed by atoms with E-state index in [4.69, 9.17) is 4.42 Å². The zero-order valence-corrected chi connectivity index (χ0v) is 10.1. The summed E-state index contributed by atoms with van der Waals surface area (Å²) >= 11 is 0. The van der Waals surface area contributed by atoms with Crippen molar-refractivity contribution in [2.75, 3.05) is 0 Å². The van der Waals surface area contributed by atoms with E-state index in [1.54, 1.807) is 6.07 Å². The lowest BCUT2D eigenvalue weighted by atomic mass is 10.1. The van der Waals surface area contributed by atoms with E-state index >= 15 is 0 Å². The van der Waals surface area contributed by atoms with E-state index in [1.807, 2.05) is 6.07 Å². The largest absolute Gasteiger partial charge is 0.436 e. The van der Waals surface area contributed by atoms with E-state index < -0.39 is 0 Å². The second-order valence-corrected chi connectivity index (χ2v) is 4.72. The highest BCUT2D eigenvalue weighted by molar-refractivity contribution is 5.76. The molecule has 0 unspecified atom stereocenters. The quantitative estimate of drug-likeness (QED) is 0.724. The fourth-order valence-electron chi connectivity index (χ4n) is 2.45. The molecule has 2 heterocycles. The highest BCUT2D eigenvalue weighted by Crippen LogP contribution is 2.27. The number of hydrogen-bond donors (Lipinski definition) is 1. The van der Waals surface area contributed by atoms with Crippen LogP contribution in [-0.4, -0.2) is 4.98 Å². The second kappa shape index (κ2) is 3.90. The molecule has 0 aliphatic carbocycles. The maximum Gasteiger partial charge on any atom is 0.227 e. The van der Waals surface area contributed by atoms with Gasteiger partial charge in [0.25, 0.3) is 0 Å². The summed E-state index contributed by atoms with van der Waals surface area (Å²) in [4.78, 5) is 4.40. The van der Waals surface area contributed by atoms with Crippen LogP contribution in [0.1, 0.15) is 11.1 Å². The molecule has 0 amide bonds. The topological polar surface area (TPSA) is 38.1 Å². The molecule has 0 saturated heterocycles. The number of rotatable bonds is 1. The van der Waals surface area contributed by atoms with Gasteiger partial charge < -0.3 is 9.73 Å². The van der Waals surface area contributed by atoms with Crippen LogP contribution in [-0.2, 0) is 13.1 Å². The molecule has 4 rings (SSSR count). The van der Waals surface area contributed by atoms with Gasteiger partial charge in [0, 0.05) is 24.7 Å². The zero-order valence-electron chi connectivity index (χ0n) is 10.1. The molecule has 19 heavy (non-hydrogen) atoms. The number of benzene rings is 2. The lowest BCUT2D eigenvalue weighted by molar-refractivity contribution is 0.602. The third kappa shape index (κ3) is 1.72. The van der Waals surface area contributed by atoms with Crippen molar-refractivity contribution < 1.29 is 8.81 Å². The highest BCUT2D eigenvalue weighted by Gasteiger charge is 2.14. The molecule has 0 saturated carbocycles. The SMILES string of the molecule is Fc1ccc2nc(-c3ccc4c(c3)CNC4)oc2c1. The van der Waals surface area contributed by atoms with Crippen LogP contribution < -0.4 is 5.32 Å².